The third-order valence-electron chi connectivity index (χ3n) is 2.90. The van der Waals surface area contributed by atoms with Gasteiger partial charge in [-0.2, -0.15) is 0 Å². The lowest BCUT2D eigenvalue weighted by molar-refractivity contribution is 0.358. The Kier molecular flexibility index (Phi) is 4.81. The van der Waals surface area contributed by atoms with Crippen LogP contribution >= 0.6 is 11.3 Å². The number of thiophene rings is 1. The Bertz CT molecular complexity index is 290. The fraction of sp³-hybridized carbons (Fsp3) is 0.692. The van der Waals surface area contributed by atoms with Gasteiger partial charge in [-0.25, -0.2) is 0 Å². The molecule has 0 aromatic carbocycles. The van der Waals surface area contributed by atoms with Crippen LogP contribution in [0.15, 0.2) is 12.1 Å². The highest BCUT2D eigenvalue weighted by molar-refractivity contribution is 7.12. The molecule has 1 rings (SSSR count). The Labute approximate surface area is 97.9 Å². The van der Waals surface area contributed by atoms with Crippen molar-refractivity contribution in [3.05, 3.63) is 21.9 Å². The molecule has 1 heterocycles. The highest BCUT2D eigenvalue weighted by Gasteiger charge is 2.15. The standard InChI is InChI=1S/C13H23NS/c1-6-12(9(2)3)14-11(5)13-8-7-10(4)15-13/h7-9,11-12,14H,6H2,1-5H3. The summed E-state index contributed by atoms with van der Waals surface area (Å²) in [4.78, 5) is 2.85. The maximum absolute atomic E-state index is 3.71. The maximum atomic E-state index is 3.71. The molecule has 0 saturated heterocycles. The van der Waals surface area contributed by atoms with Crippen molar-refractivity contribution in [2.24, 2.45) is 5.92 Å². The highest BCUT2D eigenvalue weighted by atomic mass is 32.1. The molecule has 0 amide bonds. The number of rotatable bonds is 5. The number of hydrogen-bond donors (Lipinski definition) is 1. The Morgan fingerprint density at radius 1 is 1.27 bits per heavy atom. The first-order valence-electron chi connectivity index (χ1n) is 5.87. The molecule has 0 aliphatic rings. The first kappa shape index (κ1) is 12.7. The molecule has 2 heteroatoms. The third-order valence-corrected chi connectivity index (χ3v) is 4.08. The van der Waals surface area contributed by atoms with Gasteiger partial charge >= 0.3 is 0 Å². The van der Waals surface area contributed by atoms with Crippen LogP contribution in [0.2, 0.25) is 0 Å². The van der Waals surface area contributed by atoms with Crippen LogP contribution in [0, 0.1) is 12.8 Å². The summed E-state index contributed by atoms with van der Waals surface area (Å²) in [6.07, 6.45) is 1.20. The molecule has 0 fully saturated rings. The van der Waals surface area contributed by atoms with E-state index in [0.717, 1.165) is 0 Å². The lowest BCUT2D eigenvalue weighted by Crippen LogP contribution is -2.34. The Morgan fingerprint density at radius 2 is 1.93 bits per heavy atom. The molecule has 0 aliphatic heterocycles. The average molecular weight is 225 g/mol. The summed E-state index contributed by atoms with van der Waals surface area (Å²) in [6.45, 7) is 11.3. The van der Waals surface area contributed by atoms with Crippen molar-refractivity contribution >= 4 is 11.3 Å². The summed E-state index contributed by atoms with van der Waals surface area (Å²) in [5.41, 5.74) is 0. The minimum absolute atomic E-state index is 0.482. The SMILES string of the molecule is CCC(NC(C)c1ccc(C)s1)C(C)C. The smallest absolute Gasteiger partial charge is 0.0388 e. The largest absolute Gasteiger partial charge is 0.306 e. The van der Waals surface area contributed by atoms with E-state index in [9.17, 15) is 0 Å². The summed E-state index contributed by atoms with van der Waals surface area (Å²) in [6, 6.07) is 5.55. The Balaban J connectivity index is 2.58. The molecule has 1 N–H and O–H groups in total. The van der Waals surface area contributed by atoms with Gasteiger partial charge in [-0.1, -0.05) is 20.8 Å². The van der Waals surface area contributed by atoms with Gasteiger partial charge in [-0.3, -0.25) is 0 Å². The summed E-state index contributed by atoms with van der Waals surface area (Å²) in [7, 11) is 0. The first-order chi connectivity index (χ1) is 7.04. The predicted molar refractivity (Wildman–Crippen MR) is 69.5 cm³/mol. The van der Waals surface area contributed by atoms with Crippen LogP contribution in [-0.2, 0) is 0 Å². The quantitative estimate of drug-likeness (QED) is 0.794. The van der Waals surface area contributed by atoms with Crippen LogP contribution in [0.4, 0.5) is 0 Å². The van der Waals surface area contributed by atoms with E-state index in [1.165, 1.54) is 16.2 Å². The fourth-order valence-corrected chi connectivity index (χ4v) is 2.76. The molecule has 1 nitrogen and oxygen atoms in total. The van der Waals surface area contributed by atoms with E-state index in [1.807, 2.05) is 11.3 Å². The molecule has 86 valence electrons. The van der Waals surface area contributed by atoms with Crippen molar-refractivity contribution in [1.82, 2.24) is 5.32 Å². The van der Waals surface area contributed by atoms with Crippen molar-refractivity contribution in [2.45, 2.75) is 53.1 Å². The van der Waals surface area contributed by atoms with Gasteiger partial charge in [-0.15, -0.1) is 11.3 Å². The number of aryl methyl sites for hydroxylation is 1. The molecule has 0 aliphatic carbocycles. The van der Waals surface area contributed by atoms with Crippen LogP contribution in [0.3, 0.4) is 0 Å². The normalized spacial score (nSPS) is 15.6. The average Bonchev–Trinajstić information content (AvgIpc) is 2.60. The zero-order valence-electron chi connectivity index (χ0n) is 10.5. The van der Waals surface area contributed by atoms with Crippen LogP contribution in [-0.4, -0.2) is 6.04 Å². The van der Waals surface area contributed by atoms with Crippen molar-refractivity contribution in [2.75, 3.05) is 0 Å². The van der Waals surface area contributed by atoms with E-state index in [0.29, 0.717) is 18.0 Å². The van der Waals surface area contributed by atoms with E-state index in [1.54, 1.807) is 0 Å². The van der Waals surface area contributed by atoms with E-state index < -0.39 is 0 Å². The molecular weight excluding hydrogens is 202 g/mol. The second-order valence-electron chi connectivity index (χ2n) is 4.60. The maximum Gasteiger partial charge on any atom is 0.0388 e. The lowest BCUT2D eigenvalue weighted by atomic mass is 10.0. The second-order valence-corrected chi connectivity index (χ2v) is 5.92. The van der Waals surface area contributed by atoms with E-state index in [-0.39, 0.29) is 0 Å². The van der Waals surface area contributed by atoms with Gasteiger partial charge in [0, 0.05) is 21.8 Å². The van der Waals surface area contributed by atoms with Crippen LogP contribution in [0.5, 0.6) is 0 Å². The molecule has 2 atom stereocenters. The topological polar surface area (TPSA) is 12.0 Å². The number of hydrogen-bond acceptors (Lipinski definition) is 2. The zero-order valence-corrected chi connectivity index (χ0v) is 11.3. The van der Waals surface area contributed by atoms with Gasteiger partial charge in [-0.05, 0) is 38.3 Å². The molecule has 1 aromatic heterocycles. The molecule has 0 bridgehead atoms. The molecule has 2 unspecified atom stereocenters. The van der Waals surface area contributed by atoms with E-state index in [2.05, 4.69) is 52.1 Å². The molecular formula is C13H23NS. The minimum Gasteiger partial charge on any atom is -0.306 e. The number of nitrogens with one attached hydrogen (secondary N) is 1. The van der Waals surface area contributed by atoms with Crippen LogP contribution in [0.1, 0.15) is 49.9 Å². The van der Waals surface area contributed by atoms with Gasteiger partial charge in [0.05, 0.1) is 0 Å². The summed E-state index contributed by atoms with van der Waals surface area (Å²) in [5.74, 6) is 0.707. The summed E-state index contributed by atoms with van der Waals surface area (Å²) in [5, 5.41) is 3.71. The second kappa shape index (κ2) is 5.66. The first-order valence-corrected chi connectivity index (χ1v) is 6.68. The van der Waals surface area contributed by atoms with Crippen LogP contribution < -0.4 is 5.32 Å². The molecule has 0 spiro atoms. The van der Waals surface area contributed by atoms with Gasteiger partial charge < -0.3 is 5.32 Å². The van der Waals surface area contributed by atoms with Crippen molar-refractivity contribution in [3.8, 4) is 0 Å². The third kappa shape index (κ3) is 3.62. The van der Waals surface area contributed by atoms with Crippen LogP contribution in [0.25, 0.3) is 0 Å². The van der Waals surface area contributed by atoms with Gasteiger partial charge in [0.15, 0.2) is 0 Å². The minimum atomic E-state index is 0.482. The van der Waals surface area contributed by atoms with Gasteiger partial charge in [0.2, 0.25) is 0 Å². The molecule has 0 radical (unpaired) electrons. The van der Waals surface area contributed by atoms with E-state index in [4.69, 9.17) is 0 Å². The molecule has 1 aromatic rings. The summed E-state index contributed by atoms with van der Waals surface area (Å²) < 4.78 is 0. The Hall–Kier alpha value is -0.340. The van der Waals surface area contributed by atoms with Crippen molar-refractivity contribution in [3.63, 3.8) is 0 Å². The van der Waals surface area contributed by atoms with E-state index >= 15 is 0 Å². The lowest BCUT2D eigenvalue weighted by Gasteiger charge is -2.24. The predicted octanol–water partition coefficient (Wildman–Crippen LogP) is 4.14. The Morgan fingerprint density at radius 3 is 2.33 bits per heavy atom. The monoisotopic (exact) mass is 225 g/mol. The summed E-state index contributed by atoms with van der Waals surface area (Å²) >= 11 is 1.90. The fourth-order valence-electron chi connectivity index (χ4n) is 1.87. The molecule has 0 saturated carbocycles. The zero-order chi connectivity index (χ0) is 11.4. The van der Waals surface area contributed by atoms with Gasteiger partial charge in [0.25, 0.3) is 0 Å². The highest BCUT2D eigenvalue weighted by Crippen LogP contribution is 2.23. The van der Waals surface area contributed by atoms with Gasteiger partial charge in [0.1, 0.15) is 0 Å². The van der Waals surface area contributed by atoms with Crippen molar-refractivity contribution in [1.29, 1.82) is 0 Å². The van der Waals surface area contributed by atoms with Crippen molar-refractivity contribution < 1.29 is 0 Å². The molecule has 15 heavy (non-hydrogen) atoms.